The number of rotatable bonds is 2. The van der Waals surface area contributed by atoms with Crippen LogP contribution < -0.4 is 16.2 Å². The number of anilines is 2. The summed E-state index contributed by atoms with van der Waals surface area (Å²) in [5.41, 5.74) is 5.87. The van der Waals surface area contributed by atoms with E-state index in [1.165, 1.54) is 25.5 Å². The van der Waals surface area contributed by atoms with Crippen molar-refractivity contribution >= 4 is 22.3 Å². The van der Waals surface area contributed by atoms with Crippen molar-refractivity contribution < 1.29 is 13.2 Å². The maximum Gasteiger partial charge on any atom is 0.405 e. The molecule has 2 aromatic rings. The van der Waals surface area contributed by atoms with Crippen LogP contribution in [0.4, 0.5) is 24.5 Å². The van der Waals surface area contributed by atoms with Crippen molar-refractivity contribution in [3.8, 4) is 0 Å². The molecule has 0 aliphatic carbocycles. The predicted octanol–water partition coefficient (Wildman–Crippen LogP) is 1.50. The summed E-state index contributed by atoms with van der Waals surface area (Å²) in [7, 11) is 1.28. The first kappa shape index (κ1) is 13.2. The van der Waals surface area contributed by atoms with E-state index in [9.17, 15) is 18.0 Å². The van der Waals surface area contributed by atoms with Gasteiger partial charge in [-0.3, -0.25) is 4.79 Å². The lowest BCUT2D eigenvalue weighted by molar-refractivity contribution is -0.119. The molecule has 8 heteroatoms. The van der Waals surface area contributed by atoms with Gasteiger partial charge in [-0.2, -0.15) is 13.2 Å². The molecule has 0 radical (unpaired) electrons. The average molecular weight is 272 g/mol. The number of nitrogen functional groups attached to an aromatic ring is 1. The summed E-state index contributed by atoms with van der Waals surface area (Å²) in [4.78, 5) is 18.7. The Morgan fingerprint density at radius 2 is 2.11 bits per heavy atom. The number of benzene rings is 1. The van der Waals surface area contributed by atoms with Gasteiger partial charge in [-0.25, -0.2) is 4.98 Å². The minimum absolute atomic E-state index is 0.0951. The molecule has 0 saturated carbocycles. The van der Waals surface area contributed by atoms with E-state index in [0.717, 1.165) is 4.90 Å². The Kier molecular flexibility index (Phi) is 3.09. The van der Waals surface area contributed by atoms with Crippen LogP contribution in [0.15, 0.2) is 23.3 Å². The fourth-order valence-corrected chi connectivity index (χ4v) is 1.81. The van der Waals surface area contributed by atoms with E-state index in [4.69, 9.17) is 5.73 Å². The van der Waals surface area contributed by atoms with Crippen LogP contribution in [0.25, 0.3) is 10.9 Å². The Labute approximate surface area is 105 Å². The lowest BCUT2D eigenvalue weighted by Gasteiger charge is -2.22. The first-order chi connectivity index (χ1) is 8.78. The number of nitrogens with zero attached hydrogens (tertiary/aromatic N) is 2. The van der Waals surface area contributed by atoms with Crippen molar-refractivity contribution in [1.82, 2.24) is 9.97 Å². The van der Waals surface area contributed by atoms with E-state index in [1.54, 1.807) is 0 Å². The van der Waals surface area contributed by atoms with Crippen LogP contribution in [-0.4, -0.2) is 29.7 Å². The molecule has 0 amide bonds. The van der Waals surface area contributed by atoms with Gasteiger partial charge in [-0.15, -0.1) is 0 Å². The molecule has 0 saturated heterocycles. The van der Waals surface area contributed by atoms with Crippen molar-refractivity contribution in [1.29, 1.82) is 0 Å². The summed E-state index contributed by atoms with van der Waals surface area (Å²) in [5, 5.41) is 0.240. The summed E-state index contributed by atoms with van der Waals surface area (Å²) < 4.78 is 37.0. The van der Waals surface area contributed by atoms with Crippen LogP contribution in [0.5, 0.6) is 0 Å². The summed E-state index contributed by atoms with van der Waals surface area (Å²) in [6.45, 7) is -1.13. The van der Waals surface area contributed by atoms with Crippen molar-refractivity contribution in [3.05, 3.63) is 28.8 Å². The molecule has 1 aromatic carbocycles. The quantitative estimate of drug-likeness (QED) is 0.812. The van der Waals surface area contributed by atoms with Gasteiger partial charge in [0.25, 0.3) is 5.56 Å². The van der Waals surface area contributed by atoms with Crippen LogP contribution in [0.3, 0.4) is 0 Å². The maximum atomic E-state index is 12.3. The van der Waals surface area contributed by atoms with Crippen LogP contribution in [0, 0.1) is 0 Å². The molecular weight excluding hydrogens is 261 g/mol. The molecule has 0 fully saturated rings. The minimum atomic E-state index is -4.34. The van der Waals surface area contributed by atoms with E-state index in [-0.39, 0.29) is 22.3 Å². The zero-order valence-corrected chi connectivity index (χ0v) is 9.95. The Morgan fingerprint density at radius 1 is 1.42 bits per heavy atom. The number of aromatic amines is 1. The first-order valence-electron chi connectivity index (χ1n) is 5.33. The highest BCUT2D eigenvalue weighted by molar-refractivity contribution is 5.88. The Morgan fingerprint density at radius 3 is 2.74 bits per heavy atom. The zero-order chi connectivity index (χ0) is 14.2. The normalized spacial score (nSPS) is 11.8. The number of alkyl halides is 3. The number of nitrogens with two attached hydrogens (primary N) is 1. The number of hydrogen-bond acceptors (Lipinski definition) is 4. The molecule has 0 aliphatic heterocycles. The molecule has 19 heavy (non-hydrogen) atoms. The molecule has 102 valence electrons. The largest absolute Gasteiger partial charge is 0.405 e. The molecule has 0 aliphatic rings. The molecule has 1 heterocycles. The predicted molar refractivity (Wildman–Crippen MR) is 66.1 cm³/mol. The van der Waals surface area contributed by atoms with E-state index < -0.39 is 12.7 Å². The van der Waals surface area contributed by atoms with E-state index >= 15 is 0 Å². The van der Waals surface area contributed by atoms with Crippen LogP contribution in [-0.2, 0) is 0 Å². The lowest BCUT2D eigenvalue weighted by atomic mass is 10.2. The van der Waals surface area contributed by atoms with E-state index in [2.05, 4.69) is 9.97 Å². The van der Waals surface area contributed by atoms with Gasteiger partial charge in [-0.05, 0) is 12.1 Å². The van der Waals surface area contributed by atoms with Gasteiger partial charge in [0.15, 0.2) is 0 Å². The number of fused-ring (bicyclic) bond motifs is 1. The van der Waals surface area contributed by atoms with Gasteiger partial charge in [0.1, 0.15) is 6.54 Å². The summed E-state index contributed by atoms with van der Waals surface area (Å²) >= 11 is 0. The first-order valence-corrected chi connectivity index (χ1v) is 5.33. The third kappa shape index (κ3) is 2.78. The van der Waals surface area contributed by atoms with Crippen molar-refractivity contribution in [2.24, 2.45) is 0 Å². The van der Waals surface area contributed by atoms with Gasteiger partial charge in [-0.1, -0.05) is 0 Å². The number of H-pyrrole nitrogens is 1. The summed E-state index contributed by atoms with van der Waals surface area (Å²) in [6, 6.07) is 2.69. The molecule has 0 atom stereocenters. The van der Waals surface area contributed by atoms with Gasteiger partial charge >= 0.3 is 6.18 Å². The number of halogens is 3. The smallest absolute Gasteiger partial charge is 0.397 e. The molecular formula is C11H11F3N4O. The average Bonchev–Trinajstić information content (AvgIpc) is 2.27. The fraction of sp³-hybridized carbons (Fsp3) is 0.273. The standard InChI is InChI=1S/C11H11F3N4O/c1-18(4-11(12,13)14)9-3-8-6(2-7(9)15)10(19)17-5-16-8/h2-3,5H,4,15H2,1H3,(H,16,17,19). The van der Waals surface area contributed by atoms with E-state index in [1.807, 2.05) is 0 Å². The fourth-order valence-electron chi connectivity index (χ4n) is 1.81. The Bertz CT molecular complexity index is 665. The molecule has 2 rings (SSSR count). The molecule has 0 spiro atoms. The second-order valence-corrected chi connectivity index (χ2v) is 4.13. The molecule has 5 nitrogen and oxygen atoms in total. The van der Waals surface area contributed by atoms with Crippen molar-refractivity contribution in [2.45, 2.75) is 6.18 Å². The maximum absolute atomic E-state index is 12.3. The van der Waals surface area contributed by atoms with Crippen molar-refractivity contribution in [2.75, 3.05) is 24.2 Å². The van der Waals surface area contributed by atoms with Crippen LogP contribution in [0.2, 0.25) is 0 Å². The third-order valence-corrected chi connectivity index (χ3v) is 2.62. The topological polar surface area (TPSA) is 75.0 Å². The second-order valence-electron chi connectivity index (χ2n) is 4.13. The van der Waals surface area contributed by atoms with Gasteiger partial charge in [0.05, 0.1) is 28.6 Å². The minimum Gasteiger partial charge on any atom is -0.397 e. The molecule has 0 bridgehead atoms. The molecule has 0 unspecified atom stereocenters. The molecule has 1 aromatic heterocycles. The van der Waals surface area contributed by atoms with Gasteiger partial charge < -0.3 is 15.6 Å². The second kappa shape index (κ2) is 4.45. The third-order valence-electron chi connectivity index (χ3n) is 2.62. The Hall–Kier alpha value is -2.25. The van der Waals surface area contributed by atoms with Gasteiger partial charge in [0.2, 0.25) is 0 Å². The number of nitrogens with one attached hydrogen (secondary N) is 1. The van der Waals surface area contributed by atoms with Crippen LogP contribution >= 0.6 is 0 Å². The van der Waals surface area contributed by atoms with Crippen molar-refractivity contribution in [3.63, 3.8) is 0 Å². The highest BCUT2D eigenvalue weighted by Crippen LogP contribution is 2.28. The summed E-state index contributed by atoms with van der Waals surface area (Å²) in [5.74, 6) is 0. The molecule has 3 N–H and O–H groups in total. The number of aromatic nitrogens is 2. The summed E-state index contributed by atoms with van der Waals surface area (Å²) in [6.07, 6.45) is -3.15. The van der Waals surface area contributed by atoms with Crippen LogP contribution in [0.1, 0.15) is 0 Å². The van der Waals surface area contributed by atoms with E-state index in [0.29, 0.717) is 5.52 Å². The highest BCUT2D eigenvalue weighted by Gasteiger charge is 2.30. The SMILES string of the molecule is CN(CC(F)(F)F)c1cc2nc[nH]c(=O)c2cc1N. The zero-order valence-electron chi connectivity index (χ0n) is 9.95. The monoisotopic (exact) mass is 272 g/mol. The lowest BCUT2D eigenvalue weighted by Crippen LogP contribution is -2.31. The van der Waals surface area contributed by atoms with Gasteiger partial charge in [0, 0.05) is 7.05 Å². The Balaban J connectivity index is 2.50. The number of hydrogen-bond donors (Lipinski definition) is 2. The highest BCUT2D eigenvalue weighted by atomic mass is 19.4.